The molecule has 0 amide bonds. The molecule has 1 heterocycles. The summed E-state index contributed by atoms with van der Waals surface area (Å²) < 4.78 is 4.96. The van der Waals surface area contributed by atoms with Crippen molar-refractivity contribution in [1.82, 2.24) is 4.90 Å². The Bertz CT molecular complexity index is 484. The molecule has 1 fully saturated rings. The maximum Gasteiger partial charge on any atom is 0.311 e. The van der Waals surface area contributed by atoms with E-state index in [0.717, 1.165) is 12.0 Å². The van der Waals surface area contributed by atoms with Gasteiger partial charge in [-0.25, -0.2) is 0 Å². The SMILES string of the molecule is CCC1(O)CN(Cc2ccc(OC)c([N+](=O)[O-])c2)C1. The first-order valence-electron chi connectivity index (χ1n) is 6.23. The molecular weight excluding hydrogens is 248 g/mol. The molecular formula is C13H18N2O4. The smallest absolute Gasteiger partial charge is 0.311 e. The Hall–Kier alpha value is -1.66. The third kappa shape index (κ3) is 2.85. The van der Waals surface area contributed by atoms with Gasteiger partial charge in [-0.1, -0.05) is 13.0 Å². The number of nitro groups is 1. The summed E-state index contributed by atoms with van der Waals surface area (Å²) in [6.07, 6.45) is 0.728. The van der Waals surface area contributed by atoms with E-state index >= 15 is 0 Å². The number of hydrogen-bond acceptors (Lipinski definition) is 5. The average molecular weight is 266 g/mol. The second-order valence-electron chi connectivity index (χ2n) is 4.99. The fourth-order valence-corrected chi connectivity index (χ4v) is 2.36. The van der Waals surface area contributed by atoms with Crippen LogP contribution in [0, 0.1) is 10.1 Å². The van der Waals surface area contributed by atoms with E-state index in [2.05, 4.69) is 4.90 Å². The van der Waals surface area contributed by atoms with E-state index in [1.807, 2.05) is 13.0 Å². The molecule has 6 nitrogen and oxygen atoms in total. The highest BCUT2D eigenvalue weighted by Gasteiger charge is 2.39. The highest BCUT2D eigenvalue weighted by atomic mass is 16.6. The van der Waals surface area contributed by atoms with Crippen LogP contribution in [0.25, 0.3) is 0 Å². The zero-order valence-corrected chi connectivity index (χ0v) is 11.1. The van der Waals surface area contributed by atoms with Crippen molar-refractivity contribution in [3.8, 4) is 5.75 Å². The van der Waals surface area contributed by atoms with Crippen LogP contribution in [0.15, 0.2) is 18.2 Å². The van der Waals surface area contributed by atoms with E-state index < -0.39 is 10.5 Å². The van der Waals surface area contributed by atoms with Crippen molar-refractivity contribution in [2.24, 2.45) is 0 Å². The quantitative estimate of drug-likeness (QED) is 0.646. The summed E-state index contributed by atoms with van der Waals surface area (Å²) in [6.45, 7) is 3.79. The van der Waals surface area contributed by atoms with Gasteiger partial charge in [0.25, 0.3) is 0 Å². The van der Waals surface area contributed by atoms with Crippen molar-refractivity contribution in [2.75, 3.05) is 20.2 Å². The Kier molecular flexibility index (Phi) is 3.73. The van der Waals surface area contributed by atoms with Crippen LogP contribution in [0.5, 0.6) is 5.75 Å². The molecule has 0 saturated carbocycles. The van der Waals surface area contributed by atoms with Gasteiger partial charge in [-0.3, -0.25) is 15.0 Å². The van der Waals surface area contributed by atoms with Gasteiger partial charge in [0.1, 0.15) is 0 Å². The summed E-state index contributed by atoms with van der Waals surface area (Å²) in [4.78, 5) is 12.5. The number of benzene rings is 1. The summed E-state index contributed by atoms with van der Waals surface area (Å²) in [5, 5.41) is 20.8. The van der Waals surface area contributed by atoms with Gasteiger partial charge in [0.2, 0.25) is 0 Å². The lowest BCUT2D eigenvalue weighted by Crippen LogP contribution is -2.60. The Morgan fingerprint density at radius 1 is 1.53 bits per heavy atom. The Balaban J connectivity index is 2.06. The predicted molar refractivity (Wildman–Crippen MR) is 70.2 cm³/mol. The van der Waals surface area contributed by atoms with Gasteiger partial charge >= 0.3 is 5.69 Å². The first kappa shape index (κ1) is 13.8. The Morgan fingerprint density at radius 3 is 2.74 bits per heavy atom. The number of nitro benzene ring substituents is 1. The minimum absolute atomic E-state index is 0.0220. The van der Waals surface area contributed by atoms with Gasteiger partial charge in [0, 0.05) is 25.7 Å². The second-order valence-corrected chi connectivity index (χ2v) is 4.99. The predicted octanol–water partition coefficient (Wildman–Crippen LogP) is 1.56. The van der Waals surface area contributed by atoms with Gasteiger partial charge in [0.05, 0.1) is 17.6 Å². The van der Waals surface area contributed by atoms with Crippen molar-refractivity contribution >= 4 is 5.69 Å². The van der Waals surface area contributed by atoms with Crippen molar-refractivity contribution in [3.05, 3.63) is 33.9 Å². The van der Waals surface area contributed by atoms with Crippen LogP contribution >= 0.6 is 0 Å². The van der Waals surface area contributed by atoms with Crippen LogP contribution in [-0.2, 0) is 6.54 Å². The Morgan fingerprint density at radius 2 is 2.21 bits per heavy atom. The summed E-state index contributed by atoms with van der Waals surface area (Å²) in [5.74, 6) is 0.266. The number of likely N-dealkylation sites (tertiary alicyclic amines) is 1. The molecule has 2 rings (SSSR count). The van der Waals surface area contributed by atoms with Gasteiger partial charge in [0.15, 0.2) is 5.75 Å². The van der Waals surface area contributed by atoms with E-state index in [1.54, 1.807) is 6.07 Å². The third-order valence-corrected chi connectivity index (χ3v) is 3.54. The van der Waals surface area contributed by atoms with Crippen LogP contribution in [0.3, 0.4) is 0 Å². The number of hydrogen-bond donors (Lipinski definition) is 1. The molecule has 0 spiro atoms. The largest absolute Gasteiger partial charge is 0.490 e. The molecule has 1 N–H and O–H groups in total. The minimum atomic E-state index is -0.585. The molecule has 1 aliphatic heterocycles. The fraction of sp³-hybridized carbons (Fsp3) is 0.538. The molecule has 19 heavy (non-hydrogen) atoms. The second kappa shape index (κ2) is 5.14. The summed E-state index contributed by atoms with van der Waals surface area (Å²) in [5.41, 5.74) is 0.246. The van der Waals surface area contributed by atoms with Crippen molar-refractivity contribution < 1.29 is 14.8 Å². The molecule has 0 atom stereocenters. The first-order chi connectivity index (χ1) is 8.97. The molecule has 1 aromatic carbocycles. The molecule has 1 saturated heterocycles. The zero-order valence-electron chi connectivity index (χ0n) is 11.1. The zero-order chi connectivity index (χ0) is 14.0. The minimum Gasteiger partial charge on any atom is -0.490 e. The molecule has 1 aromatic rings. The van der Waals surface area contributed by atoms with Crippen molar-refractivity contribution in [1.29, 1.82) is 0 Å². The van der Waals surface area contributed by atoms with Gasteiger partial charge in [-0.15, -0.1) is 0 Å². The van der Waals surface area contributed by atoms with E-state index in [4.69, 9.17) is 4.74 Å². The van der Waals surface area contributed by atoms with E-state index in [-0.39, 0.29) is 11.4 Å². The summed E-state index contributed by atoms with van der Waals surface area (Å²) in [7, 11) is 1.42. The topological polar surface area (TPSA) is 75.8 Å². The number of nitrogens with zero attached hydrogens (tertiary/aromatic N) is 2. The average Bonchev–Trinajstić information content (AvgIpc) is 2.36. The highest BCUT2D eigenvalue weighted by Crippen LogP contribution is 2.30. The van der Waals surface area contributed by atoms with Crippen LogP contribution in [-0.4, -0.2) is 40.7 Å². The van der Waals surface area contributed by atoms with Crippen LogP contribution < -0.4 is 4.74 Å². The molecule has 1 aliphatic rings. The van der Waals surface area contributed by atoms with Crippen LogP contribution in [0.1, 0.15) is 18.9 Å². The lowest BCUT2D eigenvalue weighted by Gasteiger charge is -2.46. The van der Waals surface area contributed by atoms with Gasteiger partial charge in [-0.05, 0) is 18.1 Å². The normalized spacial score (nSPS) is 17.8. The highest BCUT2D eigenvalue weighted by molar-refractivity contribution is 5.48. The molecule has 0 radical (unpaired) electrons. The summed E-state index contributed by atoms with van der Waals surface area (Å²) in [6, 6.07) is 4.95. The number of methoxy groups -OCH3 is 1. The van der Waals surface area contributed by atoms with Crippen molar-refractivity contribution in [3.63, 3.8) is 0 Å². The van der Waals surface area contributed by atoms with Crippen LogP contribution in [0.2, 0.25) is 0 Å². The first-order valence-corrected chi connectivity index (χ1v) is 6.23. The maximum absolute atomic E-state index is 10.9. The lowest BCUT2D eigenvalue weighted by atomic mass is 9.91. The van der Waals surface area contributed by atoms with Gasteiger partial charge < -0.3 is 9.84 Å². The standard InChI is InChI=1S/C13H18N2O4/c1-3-13(16)8-14(9-13)7-10-4-5-12(19-2)11(6-10)15(17)18/h4-6,16H,3,7-9H2,1-2H3. The van der Waals surface area contributed by atoms with Gasteiger partial charge in [-0.2, -0.15) is 0 Å². The van der Waals surface area contributed by atoms with E-state index in [1.165, 1.54) is 13.2 Å². The molecule has 0 aliphatic carbocycles. The molecule has 0 bridgehead atoms. The van der Waals surface area contributed by atoms with E-state index in [0.29, 0.717) is 19.6 Å². The van der Waals surface area contributed by atoms with Crippen molar-refractivity contribution in [2.45, 2.75) is 25.5 Å². The fourth-order valence-electron chi connectivity index (χ4n) is 2.36. The van der Waals surface area contributed by atoms with E-state index in [9.17, 15) is 15.2 Å². The Labute approximate surface area is 111 Å². The molecule has 104 valence electrons. The maximum atomic E-state index is 10.9. The van der Waals surface area contributed by atoms with Crippen LogP contribution in [0.4, 0.5) is 5.69 Å². The number of rotatable bonds is 5. The molecule has 6 heteroatoms. The number of β-amino-alcohol motifs (C(OH)–C–C–N with tert-alkyl or cyclic N) is 1. The number of aliphatic hydroxyl groups is 1. The number of ether oxygens (including phenoxy) is 1. The monoisotopic (exact) mass is 266 g/mol. The third-order valence-electron chi connectivity index (χ3n) is 3.54. The summed E-state index contributed by atoms with van der Waals surface area (Å²) >= 11 is 0. The molecule has 0 aromatic heterocycles. The molecule has 0 unspecified atom stereocenters. The lowest BCUT2D eigenvalue weighted by molar-refractivity contribution is -0.385.